The average Bonchev–Trinajstić information content (AvgIpc) is 3.07. The number of carbonyl (C=O) groups is 3. The molecule has 0 aromatic heterocycles. The van der Waals surface area contributed by atoms with E-state index in [0.717, 1.165) is 18.7 Å². The monoisotopic (exact) mass is 352 g/mol. The van der Waals surface area contributed by atoms with Gasteiger partial charge in [-0.2, -0.15) is 0 Å². The summed E-state index contributed by atoms with van der Waals surface area (Å²) < 4.78 is 5.43. The number of amides is 2. The highest BCUT2D eigenvalue weighted by Crippen LogP contribution is 2.23. The molecule has 1 aliphatic rings. The maximum Gasteiger partial charge on any atom is 0.262 e. The van der Waals surface area contributed by atoms with Crippen LogP contribution in [-0.2, 0) is 9.59 Å². The smallest absolute Gasteiger partial charge is 0.262 e. The summed E-state index contributed by atoms with van der Waals surface area (Å²) in [6.45, 7) is 2.05. The Morgan fingerprint density at radius 1 is 1.15 bits per heavy atom. The minimum absolute atomic E-state index is 0.0588. The quantitative estimate of drug-likeness (QED) is 0.811. The molecule has 0 radical (unpaired) electrons. The highest BCUT2D eigenvalue weighted by atomic mass is 16.5. The molecule has 134 valence electrons. The van der Waals surface area contributed by atoms with E-state index in [9.17, 15) is 14.4 Å². The predicted octanol–water partition coefficient (Wildman–Crippen LogP) is 3.03. The molecule has 0 spiro atoms. The van der Waals surface area contributed by atoms with Gasteiger partial charge < -0.3 is 15.0 Å². The summed E-state index contributed by atoms with van der Waals surface area (Å²) in [7, 11) is 0. The second-order valence-electron chi connectivity index (χ2n) is 6.12. The van der Waals surface area contributed by atoms with Gasteiger partial charge in [-0.15, -0.1) is 0 Å². The molecule has 2 aromatic carbocycles. The Hall–Kier alpha value is -3.15. The van der Waals surface area contributed by atoms with E-state index in [-0.39, 0.29) is 24.2 Å². The van der Waals surface area contributed by atoms with E-state index in [2.05, 4.69) is 5.32 Å². The Balaban J connectivity index is 1.54. The second kappa shape index (κ2) is 7.82. The zero-order chi connectivity index (χ0) is 18.5. The predicted molar refractivity (Wildman–Crippen MR) is 98.6 cm³/mol. The Morgan fingerprint density at radius 2 is 1.92 bits per heavy atom. The van der Waals surface area contributed by atoms with Crippen LogP contribution in [0.1, 0.15) is 30.1 Å². The molecular formula is C20H20N2O4. The molecule has 0 aliphatic carbocycles. The van der Waals surface area contributed by atoms with Gasteiger partial charge in [0, 0.05) is 29.9 Å². The molecule has 2 aromatic rings. The van der Waals surface area contributed by atoms with Crippen molar-refractivity contribution in [3.05, 3.63) is 54.1 Å². The van der Waals surface area contributed by atoms with Crippen LogP contribution in [0.25, 0.3) is 0 Å². The molecule has 1 N–H and O–H groups in total. The Bertz CT molecular complexity index is 830. The minimum atomic E-state index is -0.303. The largest absolute Gasteiger partial charge is 0.484 e. The van der Waals surface area contributed by atoms with Gasteiger partial charge in [0.1, 0.15) is 5.75 Å². The van der Waals surface area contributed by atoms with Gasteiger partial charge in [0.25, 0.3) is 5.91 Å². The number of carbonyl (C=O) groups excluding carboxylic acids is 3. The minimum Gasteiger partial charge on any atom is -0.484 e. The lowest BCUT2D eigenvalue weighted by Crippen LogP contribution is -2.23. The van der Waals surface area contributed by atoms with Crippen LogP contribution in [0.5, 0.6) is 5.75 Å². The first-order valence-electron chi connectivity index (χ1n) is 8.47. The average molecular weight is 352 g/mol. The fourth-order valence-corrected chi connectivity index (χ4v) is 2.80. The van der Waals surface area contributed by atoms with E-state index in [0.29, 0.717) is 23.4 Å². The van der Waals surface area contributed by atoms with Crippen LogP contribution in [0.4, 0.5) is 11.4 Å². The zero-order valence-electron chi connectivity index (χ0n) is 14.5. The van der Waals surface area contributed by atoms with Gasteiger partial charge in [0.15, 0.2) is 12.4 Å². The van der Waals surface area contributed by atoms with Gasteiger partial charge in [-0.25, -0.2) is 0 Å². The lowest BCUT2D eigenvalue weighted by Gasteiger charge is -2.16. The summed E-state index contributed by atoms with van der Waals surface area (Å²) in [6, 6.07) is 13.9. The van der Waals surface area contributed by atoms with Crippen molar-refractivity contribution in [2.24, 2.45) is 0 Å². The molecule has 3 rings (SSSR count). The van der Waals surface area contributed by atoms with Crippen molar-refractivity contribution in [3.8, 4) is 5.75 Å². The van der Waals surface area contributed by atoms with Crippen molar-refractivity contribution in [2.75, 3.05) is 23.4 Å². The SMILES string of the molecule is CC(=O)c1cccc(OCC(=O)Nc2ccc(N3CCCC3=O)cc2)c1. The van der Waals surface area contributed by atoms with Crippen LogP contribution in [0, 0.1) is 0 Å². The molecule has 6 heteroatoms. The van der Waals surface area contributed by atoms with E-state index < -0.39 is 0 Å². The highest BCUT2D eigenvalue weighted by Gasteiger charge is 2.21. The summed E-state index contributed by atoms with van der Waals surface area (Å²) in [5.74, 6) is 0.235. The summed E-state index contributed by atoms with van der Waals surface area (Å²) >= 11 is 0. The number of ketones is 1. The molecule has 0 atom stereocenters. The maximum atomic E-state index is 12.0. The van der Waals surface area contributed by atoms with Gasteiger partial charge in [0.05, 0.1) is 0 Å². The highest BCUT2D eigenvalue weighted by molar-refractivity contribution is 5.96. The summed E-state index contributed by atoms with van der Waals surface area (Å²) in [5.41, 5.74) is 2.00. The molecule has 1 heterocycles. The molecular weight excluding hydrogens is 332 g/mol. The van der Waals surface area contributed by atoms with Crippen LogP contribution in [0.15, 0.2) is 48.5 Å². The zero-order valence-corrected chi connectivity index (χ0v) is 14.5. The normalized spacial score (nSPS) is 13.6. The Morgan fingerprint density at radius 3 is 2.58 bits per heavy atom. The fraction of sp³-hybridized carbons (Fsp3) is 0.250. The number of hydrogen-bond donors (Lipinski definition) is 1. The third-order valence-electron chi connectivity index (χ3n) is 4.15. The van der Waals surface area contributed by atoms with Crippen molar-refractivity contribution in [3.63, 3.8) is 0 Å². The van der Waals surface area contributed by atoms with E-state index >= 15 is 0 Å². The van der Waals surface area contributed by atoms with Crippen molar-refractivity contribution in [1.82, 2.24) is 0 Å². The number of hydrogen-bond acceptors (Lipinski definition) is 4. The van der Waals surface area contributed by atoms with Crippen molar-refractivity contribution < 1.29 is 19.1 Å². The van der Waals surface area contributed by atoms with Gasteiger partial charge in [-0.1, -0.05) is 12.1 Å². The number of Topliss-reactive ketones (excluding diaryl/α,β-unsaturated/α-hetero) is 1. The van der Waals surface area contributed by atoms with Crippen molar-refractivity contribution >= 4 is 29.0 Å². The van der Waals surface area contributed by atoms with E-state index in [1.165, 1.54) is 6.92 Å². The van der Waals surface area contributed by atoms with Crippen LogP contribution in [0.2, 0.25) is 0 Å². The standard InChI is InChI=1S/C20H20N2O4/c1-14(23)15-4-2-5-18(12-15)26-13-19(24)21-16-7-9-17(10-8-16)22-11-3-6-20(22)25/h2,4-5,7-10,12H,3,6,11,13H2,1H3,(H,21,24). The van der Waals surface area contributed by atoms with E-state index in [4.69, 9.17) is 4.74 Å². The molecule has 1 fully saturated rings. The molecule has 2 amide bonds. The fourth-order valence-electron chi connectivity index (χ4n) is 2.80. The molecule has 0 saturated carbocycles. The molecule has 0 unspecified atom stereocenters. The number of nitrogens with zero attached hydrogens (tertiary/aromatic N) is 1. The topological polar surface area (TPSA) is 75.7 Å². The molecule has 0 bridgehead atoms. The molecule has 1 aliphatic heterocycles. The lowest BCUT2D eigenvalue weighted by molar-refractivity contribution is -0.118. The third-order valence-corrected chi connectivity index (χ3v) is 4.15. The second-order valence-corrected chi connectivity index (χ2v) is 6.12. The first kappa shape index (κ1) is 17.7. The molecule has 6 nitrogen and oxygen atoms in total. The van der Waals surface area contributed by atoms with Gasteiger partial charge >= 0.3 is 0 Å². The van der Waals surface area contributed by atoms with Crippen LogP contribution in [-0.4, -0.2) is 30.7 Å². The maximum absolute atomic E-state index is 12.0. The van der Waals surface area contributed by atoms with Crippen molar-refractivity contribution in [2.45, 2.75) is 19.8 Å². The Kier molecular flexibility index (Phi) is 5.31. The first-order valence-corrected chi connectivity index (χ1v) is 8.47. The van der Waals surface area contributed by atoms with Gasteiger partial charge in [-0.3, -0.25) is 14.4 Å². The van der Waals surface area contributed by atoms with Crippen LogP contribution >= 0.6 is 0 Å². The number of benzene rings is 2. The van der Waals surface area contributed by atoms with Gasteiger partial charge in [0.2, 0.25) is 5.91 Å². The van der Waals surface area contributed by atoms with E-state index in [1.54, 1.807) is 41.3 Å². The lowest BCUT2D eigenvalue weighted by atomic mass is 10.1. The number of ether oxygens (including phenoxy) is 1. The molecule has 1 saturated heterocycles. The summed E-state index contributed by atoms with van der Waals surface area (Å²) in [6.07, 6.45) is 1.46. The van der Waals surface area contributed by atoms with Crippen molar-refractivity contribution in [1.29, 1.82) is 0 Å². The van der Waals surface area contributed by atoms with E-state index in [1.807, 2.05) is 12.1 Å². The molecule has 26 heavy (non-hydrogen) atoms. The van der Waals surface area contributed by atoms with Gasteiger partial charge in [-0.05, 0) is 49.7 Å². The number of rotatable bonds is 6. The number of nitrogens with one attached hydrogen (secondary N) is 1. The Labute approximate surface area is 151 Å². The first-order chi connectivity index (χ1) is 12.5. The third kappa shape index (κ3) is 4.27. The summed E-state index contributed by atoms with van der Waals surface area (Å²) in [4.78, 5) is 36.9. The number of anilines is 2. The van der Waals surface area contributed by atoms with Crippen LogP contribution < -0.4 is 15.0 Å². The summed E-state index contributed by atoms with van der Waals surface area (Å²) in [5, 5.41) is 2.74. The van der Waals surface area contributed by atoms with Crippen LogP contribution in [0.3, 0.4) is 0 Å².